The maximum absolute atomic E-state index is 12.1. The monoisotopic (exact) mass is 381 g/mol. The zero-order chi connectivity index (χ0) is 20.8. The van der Waals surface area contributed by atoms with Crippen molar-refractivity contribution >= 4 is 24.2 Å². The topological polar surface area (TPSA) is 109 Å². The van der Waals surface area contributed by atoms with E-state index in [2.05, 4.69) is 10.3 Å². The molecule has 0 spiro atoms. The molecule has 0 aliphatic rings. The van der Waals surface area contributed by atoms with Crippen LogP contribution in [0.1, 0.15) is 54.2 Å². The maximum Gasteiger partial charge on any atom is 0.419 e. The molecule has 0 bridgehead atoms. The number of esters is 1. The van der Waals surface area contributed by atoms with Crippen molar-refractivity contribution in [2.24, 2.45) is 0 Å². The number of imidazole rings is 1. The summed E-state index contributed by atoms with van der Waals surface area (Å²) in [6.45, 7) is 12.1. The van der Waals surface area contributed by atoms with Crippen LogP contribution in [0.25, 0.3) is 6.08 Å². The average molecular weight is 381 g/mol. The second-order valence-electron chi connectivity index (χ2n) is 7.59. The van der Waals surface area contributed by atoms with Crippen molar-refractivity contribution in [1.82, 2.24) is 14.9 Å². The molecule has 9 heteroatoms. The van der Waals surface area contributed by atoms with Crippen LogP contribution in [-0.4, -0.2) is 45.5 Å². The number of carbonyl (C=O) groups is 3. The third-order valence-electron chi connectivity index (χ3n) is 2.63. The van der Waals surface area contributed by atoms with E-state index in [4.69, 9.17) is 14.2 Å². The number of rotatable bonds is 4. The number of carbonyl (C=O) groups excluding carboxylic acids is 3. The van der Waals surface area contributed by atoms with Crippen molar-refractivity contribution in [3.05, 3.63) is 23.9 Å². The highest BCUT2D eigenvalue weighted by Gasteiger charge is 2.21. The molecule has 0 radical (unpaired) electrons. The van der Waals surface area contributed by atoms with Gasteiger partial charge in [-0.3, -0.25) is 5.32 Å². The molecule has 0 aliphatic heterocycles. The normalized spacial score (nSPS) is 12.3. The Bertz CT molecular complexity index is 722. The highest BCUT2D eigenvalue weighted by Crippen LogP contribution is 2.12. The van der Waals surface area contributed by atoms with E-state index in [0.717, 1.165) is 4.57 Å². The Morgan fingerprint density at radius 2 is 1.70 bits per heavy atom. The smallest absolute Gasteiger partial charge is 0.419 e. The van der Waals surface area contributed by atoms with Crippen LogP contribution in [-0.2, 0) is 19.0 Å². The summed E-state index contributed by atoms with van der Waals surface area (Å²) in [5, 5.41) is 2.34. The molecule has 150 valence electrons. The zero-order valence-electron chi connectivity index (χ0n) is 16.8. The third-order valence-corrected chi connectivity index (χ3v) is 2.63. The predicted molar refractivity (Wildman–Crippen MR) is 97.8 cm³/mol. The molecular weight excluding hydrogens is 354 g/mol. The van der Waals surface area contributed by atoms with Crippen LogP contribution >= 0.6 is 0 Å². The van der Waals surface area contributed by atoms with Gasteiger partial charge in [0.2, 0.25) is 0 Å². The number of hydrogen-bond donors (Lipinski definition) is 1. The van der Waals surface area contributed by atoms with Gasteiger partial charge in [0, 0.05) is 6.20 Å². The Morgan fingerprint density at radius 1 is 1.11 bits per heavy atom. The van der Waals surface area contributed by atoms with E-state index in [1.165, 1.54) is 18.6 Å². The first-order valence-corrected chi connectivity index (χ1v) is 8.47. The number of ether oxygens (including phenoxy) is 3. The molecule has 1 rings (SSSR count). The third kappa shape index (κ3) is 8.39. The Balaban J connectivity index is 3.02. The number of hydrogen-bond acceptors (Lipinski definition) is 7. The van der Waals surface area contributed by atoms with E-state index in [9.17, 15) is 14.4 Å². The van der Waals surface area contributed by atoms with E-state index in [1.807, 2.05) is 0 Å². The van der Waals surface area contributed by atoms with Crippen LogP contribution in [0, 0.1) is 0 Å². The fourth-order valence-electron chi connectivity index (χ4n) is 1.74. The van der Waals surface area contributed by atoms with Gasteiger partial charge in [-0.15, -0.1) is 0 Å². The molecule has 1 heterocycles. The van der Waals surface area contributed by atoms with Crippen molar-refractivity contribution in [3.63, 3.8) is 0 Å². The maximum atomic E-state index is 12.1. The van der Waals surface area contributed by atoms with E-state index >= 15 is 0 Å². The van der Waals surface area contributed by atoms with Crippen molar-refractivity contribution in [2.45, 2.75) is 59.7 Å². The lowest BCUT2D eigenvalue weighted by Crippen LogP contribution is -2.34. The number of aromatic nitrogens is 2. The second kappa shape index (κ2) is 8.70. The van der Waals surface area contributed by atoms with Gasteiger partial charge in [-0.2, -0.15) is 0 Å². The summed E-state index contributed by atoms with van der Waals surface area (Å²) in [5.41, 5.74) is -1.31. The molecule has 0 aromatic carbocycles. The fourth-order valence-corrected chi connectivity index (χ4v) is 1.74. The van der Waals surface area contributed by atoms with Gasteiger partial charge in [0.05, 0.1) is 12.3 Å². The highest BCUT2D eigenvalue weighted by atomic mass is 16.6. The van der Waals surface area contributed by atoms with Gasteiger partial charge in [-0.1, -0.05) is 0 Å². The number of amides is 1. The molecular formula is C18H27N3O6. The van der Waals surface area contributed by atoms with E-state index in [0.29, 0.717) is 0 Å². The summed E-state index contributed by atoms with van der Waals surface area (Å²) in [6, 6.07) is 0. The molecule has 0 aliphatic carbocycles. The average Bonchev–Trinajstić information content (AvgIpc) is 2.91. The summed E-state index contributed by atoms with van der Waals surface area (Å²) in [6.07, 6.45) is 2.46. The summed E-state index contributed by atoms with van der Waals surface area (Å²) in [4.78, 5) is 40.1. The first kappa shape index (κ1) is 22.2. The largest absolute Gasteiger partial charge is 0.461 e. The van der Waals surface area contributed by atoms with Crippen molar-refractivity contribution in [2.75, 3.05) is 6.61 Å². The minimum atomic E-state index is -0.812. The van der Waals surface area contributed by atoms with E-state index in [1.54, 1.807) is 48.5 Å². The minimum Gasteiger partial charge on any atom is -0.461 e. The first-order valence-electron chi connectivity index (χ1n) is 8.47. The van der Waals surface area contributed by atoms with Gasteiger partial charge in [-0.05, 0) is 54.5 Å². The first-order chi connectivity index (χ1) is 12.3. The number of alkyl carbamates (subject to hydrolysis) is 1. The fraction of sp³-hybridized carbons (Fsp3) is 0.556. The lowest BCUT2D eigenvalue weighted by molar-refractivity contribution is -0.138. The Morgan fingerprint density at radius 3 is 2.22 bits per heavy atom. The minimum absolute atomic E-state index is 0.124. The van der Waals surface area contributed by atoms with Crippen LogP contribution in [0.4, 0.5) is 9.59 Å². The van der Waals surface area contributed by atoms with Gasteiger partial charge in [0.1, 0.15) is 23.2 Å². The van der Waals surface area contributed by atoms with Crippen LogP contribution in [0.5, 0.6) is 0 Å². The van der Waals surface area contributed by atoms with Gasteiger partial charge >= 0.3 is 18.2 Å². The molecule has 1 N–H and O–H groups in total. The van der Waals surface area contributed by atoms with Crippen LogP contribution in [0.2, 0.25) is 0 Å². The predicted octanol–water partition coefficient (Wildman–Crippen LogP) is 3.10. The standard InChI is InChI=1S/C18H27N3O6/c1-8-25-14(22)13(20-15(23)26-17(2,3)4)9-12-10-21(11-19-12)16(24)27-18(5,6)7/h9-11H,8H2,1-7H3,(H,20,23)/b13-9-. The van der Waals surface area contributed by atoms with Crippen molar-refractivity contribution in [1.29, 1.82) is 0 Å². The van der Waals surface area contributed by atoms with Gasteiger partial charge in [0.15, 0.2) is 0 Å². The van der Waals surface area contributed by atoms with Crippen molar-refractivity contribution < 1.29 is 28.6 Å². The number of nitrogens with zero attached hydrogens (tertiary/aromatic N) is 2. The summed E-state index contributed by atoms with van der Waals surface area (Å²) in [7, 11) is 0. The van der Waals surface area contributed by atoms with E-state index < -0.39 is 29.4 Å². The zero-order valence-corrected chi connectivity index (χ0v) is 16.8. The molecule has 0 saturated heterocycles. The molecule has 0 saturated carbocycles. The Labute approximate surface area is 158 Å². The lowest BCUT2D eigenvalue weighted by atomic mass is 10.2. The molecule has 1 aromatic heterocycles. The van der Waals surface area contributed by atoms with Gasteiger partial charge in [0.25, 0.3) is 0 Å². The summed E-state index contributed by atoms with van der Waals surface area (Å²) < 4.78 is 16.4. The molecule has 9 nitrogen and oxygen atoms in total. The van der Waals surface area contributed by atoms with Crippen LogP contribution in [0.3, 0.4) is 0 Å². The van der Waals surface area contributed by atoms with Gasteiger partial charge < -0.3 is 14.2 Å². The number of nitrogens with one attached hydrogen (secondary N) is 1. The lowest BCUT2D eigenvalue weighted by Gasteiger charge is -2.20. The Hall–Kier alpha value is -2.84. The van der Waals surface area contributed by atoms with Gasteiger partial charge in [-0.25, -0.2) is 23.9 Å². The summed E-state index contributed by atoms with van der Waals surface area (Å²) in [5.74, 6) is -0.754. The molecule has 0 unspecified atom stereocenters. The van der Waals surface area contributed by atoms with Crippen LogP contribution < -0.4 is 5.32 Å². The molecule has 1 amide bonds. The molecule has 27 heavy (non-hydrogen) atoms. The molecule has 0 atom stereocenters. The summed E-state index contributed by atoms with van der Waals surface area (Å²) >= 11 is 0. The van der Waals surface area contributed by atoms with Crippen molar-refractivity contribution in [3.8, 4) is 0 Å². The Kier molecular flexibility index (Phi) is 7.15. The van der Waals surface area contributed by atoms with Crippen LogP contribution in [0.15, 0.2) is 18.2 Å². The molecule has 1 aromatic rings. The molecule has 0 fully saturated rings. The highest BCUT2D eigenvalue weighted by molar-refractivity contribution is 5.96. The SMILES string of the molecule is CCOC(=O)/C(=C/c1cn(C(=O)OC(C)(C)C)cn1)NC(=O)OC(C)(C)C. The quantitative estimate of drug-likeness (QED) is 0.485. The van der Waals surface area contributed by atoms with E-state index in [-0.39, 0.29) is 18.0 Å². The second-order valence-corrected chi connectivity index (χ2v) is 7.59.